The lowest BCUT2D eigenvalue weighted by Gasteiger charge is -2.13. The zero-order valence-corrected chi connectivity index (χ0v) is 14.7. The lowest BCUT2D eigenvalue weighted by Crippen LogP contribution is -2.29. The Morgan fingerprint density at radius 1 is 1.22 bits per heavy atom. The fourth-order valence-electron chi connectivity index (χ4n) is 2.23. The summed E-state index contributed by atoms with van der Waals surface area (Å²) in [5.41, 5.74) is 2.16. The van der Waals surface area contributed by atoms with Gasteiger partial charge in [0.25, 0.3) is 0 Å². The van der Waals surface area contributed by atoms with Crippen LogP contribution in [-0.2, 0) is 11.3 Å². The third-order valence-corrected chi connectivity index (χ3v) is 4.89. The lowest BCUT2D eigenvalue weighted by molar-refractivity contribution is -0.124. The van der Waals surface area contributed by atoms with Crippen LogP contribution in [0.4, 0.5) is 0 Å². The Bertz CT molecular complexity index is 643. The molecule has 122 valence electrons. The number of hydrogen-bond acceptors (Lipinski definition) is 3. The number of hydrogen-bond donors (Lipinski definition) is 1. The van der Waals surface area contributed by atoms with Crippen molar-refractivity contribution in [3.05, 3.63) is 59.7 Å². The summed E-state index contributed by atoms with van der Waals surface area (Å²) < 4.78 is 5.25. The average Bonchev–Trinajstić information content (AvgIpc) is 2.58. The molecule has 0 bridgehead atoms. The normalized spacial score (nSPS) is 11.8. The Morgan fingerprint density at radius 3 is 2.61 bits per heavy atom. The summed E-state index contributed by atoms with van der Waals surface area (Å²) >= 11 is 1.71. The van der Waals surface area contributed by atoms with E-state index >= 15 is 0 Å². The predicted molar refractivity (Wildman–Crippen MR) is 95.9 cm³/mol. The molecule has 1 unspecified atom stereocenters. The van der Waals surface area contributed by atoms with Gasteiger partial charge in [0.05, 0.1) is 7.11 Å². The van der Waals surface area contributed by atoms with Gasteiger partial charge in [-0.05, 0) is 36.2 Å². The molecule has 0 heterocycles. The number of thioether (sulfide) groups is 1. The second kappa shape index (κ2) is 8.63. The van der Waals surface area contributed by atoms with Crippen molar-refractivity contribution in [1.82, 2.24) is 5.32 Å². The van der Waals surface area contributed by atoms with E-state index in [4.69, 9.17) is 4.74 Å². The third-order valence-electron chi connectivity index (χ3n) is 3.62. The summed E-state index contributed by atoms with van der Waals surface area (Å²) in [4.78, 5) is 13.4. The summed E-state index contributed by atoms with van der Waals surface area (Å²) in [5.74, 6) is 1.70. The standard InChI is InChI=1S/C19H23NO2S/c1-14-11-16(9-10-18(14)22-3)12-20-19(21)15(2)13-23-17-7-5-4-6-8-17/h4-11,15H,12-13H2,1-3H3,(H,20,21). The number of amides is 1. The molecular weight excluding hydrogens is 306 g/mol. The minimum Gasteiger partial charge on any atom is -0.496 e. The first kappa shape index (κ1) is 17.4. The Hall–Kier alpha value is -1.94. The fraction of sp³-hybridized carbons (Fsp3) is 0.316. The second-order valence-corrected chi connectivity index (χ2v) is 6.64. The molecule has 2 aromatic rings. The average molecular weight is 329 g/mol. The molecule has 3 nitrogen and oxygen atoms in total. The number of rotatable bonds is 7. The van der Waals surface area contributed by atoms with Gasteiger partial charge in [0.1, 0.15) is 5.75 Å². The molecular formula is C19H23NO2S. The van der Waals surface area contributed by atoms with Gasteiger partial charge in [0, 0.05) is 23.1 Å². The second-order valence-electron chi connectivity index (χ2n) is 5.55. The third kappa shape index (κ3) is 5.32. The number of methoxy groups -OCH3 is 1. The van der Waals surface area contributed by atoms with E-state index in [1.165, 1.54) is 4.90 Å². The van der Waals surface area contributed by atoms with Crippen LogP contribution in [0.25, 0.3) is 0 Å². The molecule has 0 aliphatic rings. The predicted octanol–water partition coefficient (Wildman–Crippen LogP) is 4.05. The zero-order valence-electron chi connectivity index (χ0n) is 13.8. The molecule has 0 radical (unpaired) electrons. The number of ether oxygens (including phenoxy) is 1. The van der Waals surface area contributed by atoms with E-state index in [-0.39, 0.29) is 11.8 Å². The van der Waals surface area contributed by atoms with Gasteiger partial charge in [-0.1, -0.05) is 37.3 Å². The van der Waals surface area contributed by atoms with E-state index in [0.717, 1.165) is 22.6 Å². The Balaban J connectivity index is 1.80. The van der Waals surface area contributed by atoms with Crippen LogP contribution in [0, 0.1) is 12.8 Å². The molecule has 0 aliphatic heterocycles. The number of aryl methyl sites for hydroxylation is 1. The number of benzene rings is 2. The van der Waals surface area contributed by atoms with Crippen molar-refractivity contribution in [2.45, 2.75) is 25.3 Å². The van der Waals surface area contributed by atoms with E-state index in [1.54, 1.807) is 18.9 Å². The van der Waals surface area contributed by atoms with Crippen molar-refractivity contribution >= 4 is 17.7 Å². The molecule has 2 aromatic carbocycles. The van der Waals surface area contributed by atoms with Crippen molar-refractivity contribution in [2.75, 3.05) is 12.9 Å². The van der Waals surface area contributed by atoms with Crippen molar-refractivity contribution in [3.63, 3.8) is 0 Å². The maximum atomic E-state index is 12.2. The summed E-state index contributed by atoms with van der Waals surface area (Å²) in [6.07, 6.45) is 0. The molecule has 0 saturated heterocycles. The zero-order chi connectivity index (χ0) is 16.7. The highest BCUT2D eigenvalue weighted by Gasteiger charge is 2.13. The highest BCUT2D eigenvalue weighted by Crippen LogP contribution is 2.21. The van der Waals surface area contributed by atoms with Crippen molar-refractivity contribution in [1.29, 1.82) is 0 Å². The summed E-state index contributed by atoms with van der Waals surface area (Å²) in [7, 11) is 1.66. The summed E-state index contributed by atoms with van der Waals surface area (Å²) in [6, 6.07) is 16.1. The number of nitrogens with one attached hydrogen (secondary N) is 1. The molecule has 0 saturated carbocycles. The largest absolute Gasteiger partial charge is 0.496 e. The number of carbonyl (C=O) groups is 1. The summed E-state index contributed by atoms with van der Waals surface area (Å²) in [5, 5.41) is 3.01. The van der Waals surface area contributed by atoms with E-state index in [9.17, 15) is 4.79 Å². The smallest absolute Gasteiger partial charge is 0.223 e. The Morgan fingerprint density at radius 2 is 1.96 bits per heavy atom. The fourth-order valence-corrected chi connectivity index (χ4v) is 3.17. The van der Waals surface area contributed by atoms with E-state index in [2.05, 4.69) is 17.4 Å². The molecule has 0 spiro atoms. The topological polar surface area (TPSA) is 38.3 Å². The van der Waals surface area contributed by atoms with Gasteiger partial charge in [-0.15, -0.1) is 11.8 Å². The van der Waals surface area contributed by atoms with E-state index in [1.807, 2.05) is 50.2 Å². The molecule has 4 heteroatoms. The van der Waals surface area contributed by atoms with Gasteiger partial charge >= 0.3 is 0 Å². The van der Waals surface area contributed by atoms with Crippen molar-refractivity contribution in [3.8, 4) is 5.75 Å². The van der Waals surface area contributed by atoms with Crippen LogP contribution in [0.5, 0.6) is 5.75 Å². The van der Waals surface area contributed by atoms with Crippen LogP contribution < -0.4 is 10.1 Å². The van der Waals surface area contributed by atoms with Gasteiger partial charge in [0.15, 0.2) is 0 Å². The monoisotopic (exact) mass is 329 g/mol. The number of carbonyl (C=O) groups excluding carboxylic acids is 1. The first-order valence-corrected chi connectivity index (χ1v) is 8.67. The maximum absolute atomic E-state index is 12.2. The van der Waals surface area contributed by atoms with Gasteiger partial charge in [0.2, 0.25) is 5.91 Å². The van der Waals surface area contributed by atoms with Gasteiger partial charge in [-0.3, -0.25) is 4.79 Å². The summed E-state index contributed by atoms with van der Waals surface area (Å²) in [6.45, 7) is 4.51. The van der Waals surface area contributed by atoms with Crippen LogP contribution in [-0.4, -0.2) is 18.8 Å². The van der Waals surface area contributed by atoms with Crippen LogP contribution in [0.2, 0.25) is 0 Å². The molecule has 0 aliphatic carbocycles. The first-order valence-electron chi connectivity index (χ1n) is 7.69. The minimum atomic E-state index is -0.0282. The van der Waals surface area contributed by atoms with Crippen LogP contribution in [0.15, 0.2) is 53.4 Å². The molecule has 1 amide bonds. The Kier molecular flexibility index (Phi) is 6.53. The molecule has 0 fully saturated rings. The van der Waals surface area contributed by atoms with Gasteiger partial charge in [-0.2, -0.15) is 0 Å². The molecule has 23 heavy (non-hydrogen) atoms. The van der Waals surface area contributed by atoms with Crippen molar-refractivity contribution in [2.24, 2.45) is 5.92 Å². The van der Waals surface area contributed by atoms with Gasteiger partial charge < -0.3 is 10.1 Å². The van der Waals surface area contributed by atoms with E-state index in [0.29, 0.717) is 6.54 Å². The molecule has 2 rings (SSSR count). The Labute approximate surface area is 142 Å². The highest BCUT2D eigenvalue weighted by atomic mass is 32.2. The molecule has 0 aromatic heterocycles. The quantitative estimate of drug-likeness (QED) is 0.779. The van der Waals surface area contributed by atoms with Crippen LogP contribution >= 0.6 is 11.8 Å². The minimum absolute atomic E-state index is 0.0282. The SMILES string of the molecule is COc1ccc(CNC(=O)C(C)CSc2ccccc2)cc1C. The molecule has 1 atom stereocenters. The lowest BCUT2D eigenvalue weighted by atomic mass is 10.1. The van der Waals surface area contributed by atoms with Gasteiger partial charge in [-0.25, -0.2) is 0 Å². The first-order chi connectivity index (χ1) is 11.1. The highest BCUT2D eigenvalue weighted by molar-refractivity contribution is 7.99. The maximum Gasteiger partial charge on any atom is 0.223 e. The molecule has 1 N–H and O–H groups in total. The van der Waals surface area contributed by atoms with Crippen LogP contribution in [0.1, 0.15) is 18.1 Å². The van der Waals surface area contributed by atoms with Crippen LogP contribution in [0.3, 0.4) is 0 Å². The van der Waals surface area contributed by atoms with Crippen molar-refractivity contribution < 1.29 is 9.53 Å². The van der Waals surface area contributed by atoms with E-state index < -0.39 is 0 Å².